The molecular formula is C13H16F2O. The lowest BCUT2D eigenvalue weighted by Gasteiger charge is -2.27. The largest absolute Gasteiger partial charge is 0.388 e. The molecule has 1 aliphatic rings. The molecule has 0 aromatic heterocycles. The third-order valence-corrected chi connectivity index (χ3v) is 3.38. The predicted molar refractivity (Wildman–Crippen MR) is 57.9 cm³/mol. The van der Waals surface area contributed by atoms with E-state index in [1.165, 1.54) is 18.6 Å². The molecule has 1 aromatic carbocycles. The van der Waals surface area contributed by atoms with Crippen LogP contribution in [0.4, 0.5) is 8.78 Å². The van der Waals surface area contributed by atoms with Crippen molar-refractivity contribution >= 4 is 0 Å². The van der Waals surface area contributed by atoms with E-state index >= 15 is 0 Å². The summed E-state index contributed by atoms with van der Waals surface area (Å²) < 4.78 is 26.2. The predicted octanol–water partition coefficient (Wildman–Crippen LogP) is 3.58. The van der Waals surface area contributed by atoms with Gasteiger partial charge in [0.1, 0.15) is 11.6 Å². The van der Waals surface area contributed by atoms with Gasteiger partial charge in [-0.1, -0.05) is 25.3 Å². The SMILES string of the molecule is O[C@H](c1ccc(F)cc1F)C1CCCCC1. The van der Waals surface area contributed by atoms with Gasteiger partial charge >= 0.3 is 0 Å². The zero-order valence-corrected chi connectivity index (χ0v) is 9.13. The maximum Gasteiger partial charge on any atom is 0.131 e. The Morgan fingerprint density at radius 3 is 2.44 bits per heavy atom. The van der Waals surface area contributed by atoms with Gasteiger partial charge in [-0.25, -0.2) is 8.78 Å². The molecule has 1 aromatic rings. The van der Waals surface area contributed by atoms with Crippen molar-refractivity contribution in [3.8, 4) is 0 Å². The summed E-state index contributed by atoms with van der Waals surface area (Å²) in [6, 6.07) is 3.38. The van der Waals surface area contributed by atoms with Crippen molar-refractivity contribution in [1.82, 2.24) is 0 Å². The molecule has 0 heterocycles. The second kappa shape index (κ2) is 4.91. The average Bonchev–Trinajstić information content (AvgIpc) is 2.29. The minimum atomic E-state index is -0.791. The van der Waals surface area contributed by atoms with E-state index in [0.717, 1.165) is 31.7 Å². The summed E-state index contributed by atoms with van der Waals surface area (Å²) in [6.45, 7) is 0. The molecule has 0 bridgehead atoms. The van der Waals surface area contributed by atoms with E-state index < -0.39 is 17.7 Å². The number of benzene rings is 1. The van der Waals surface area contributed by atoms with Gasteiger partial charge in [0, 0.05) is 11.6 Å². The standard InChI is InChI=1S/C13H16F2O/c14-10-6-7-11(12(15)8-10)13(16)9-4-2-1-3-5-9/h6-9,13,16H,1-5H2/t13-/m0/s1. The summed E-state index contributed by atoms with van der Waals surface area (Å²) in [4.78, 5) is 0. The van der Waals surface area contributed by atoms with Crippen LogP contribution in [0.5, 0.6) is 0 Å². The Balaban J connectivity index is 2.15. The van der Waals surface area contributed by atoms with Gasteiger partial charge in [0.05, 0.1) is 6.10 Å². The maximum absolute atomic E-state index is 13.5. The molecule has 2 rings (SSSR count). The number of hydrogen-bond acceptors (Lipinski definition) is 1. The second-order valence-corrected chi connectivity index (χ2v) is 4.51. The van der Waals surface area contributed by atoms with Crippen LogP contribution in [0.2, 0.25) is 0 Å². The van der Waals surface area contributed by atoms with Crippen molar-refractivity contribution in [2.45, 2.75) is 38.2 Å². The molecule has 88 valence electrons. The molecule has 0 radical (unpaired) electrons. The van der Waals surface area contributed by atoms with Gasteiger partial charge in [-0.05, 0) is 24.8 Å². The van der Waals surface area contributed by atoms with Crippen LogP contribution in [-0.4, -0.2) is 5.11 Å². The van der Waals surface area contributed by atoms with Crippen LogP contribution in [0, 0.1) is 17.6 Å². The Hall–Kier alpha value is -0.960. The van der Waals surface area contributed by atoms with Gasteiger partial charge < -0.3 is 5.11 Å². The summed E-state index contributed by atoms with van der Waals surface area (Å²) >= 11 is 0. The fourth-order valence-corrected chi connectivity index (χ4v) is 2.45. The van der Waals surface area contributed by atoms with Crippen LogP contribution >= 0.6 is 0 Å². The first-order valence-electron chi connectivity index (χ1n) is 5.81. The number of aliphatic hydroxyl groups is 1. The molecule has 0 saturated heterocycles. The summed E-state index contributed by atoms with van der Waals surface area (Å²) in [5, 5.41) is 10.1. The van der Waals surface area contributed by atoms with Gasteiger partial charge in [0.25, 0.3) is 0 Å². The zero-order valence-electron chi connectivity index (χ0n) is 9.13. The van der Waals surface area contributed by atoms with E-state index in [2.05, 4.69) is 0 Å². The van der Waals surface area contributed by atoms with Crippen molar-refractivity contribution in [2.75, 3.05) is 0 Å². The molecule has 0 unspecified atom stereocenters. The van der Waals surface area contributed by atoms with E-state index in [9.17, 15) is 13.9 Å². The fraction of sp³-hybridized carbons (Fsp3) is 0.538. The lowest BCUT2D eigenvalue weighted by Crippen LogP contribution is -2.17. The Bertz CT molecular complexity index is 359. The molecule has 1 N–H and O–H groups in total. The highest BCUT2D eigenvalue weighted by Crippen LogP contribution is 2.35. The number of hydrogen-bond donors (Lipinski definition) is 1. The summed E-state index contributed by atoms with van der Waals surface area (Å²) in [5.74, 6) is -1.12. The Labute approximate surface area is 94.1 Å². The van der Waals surface area contributed by atoms with E-state index in [1.54, 1.807) is 0 Å². The van der Waals surface area contributed by atoms with E-state index in [-0.39, 0.29) is 11.5 Å². The Morgan fingerprint density at radius 1 is 1.12 bits per heavy atom. The molecule has 16 heavy (non-hydrogen) atoms. The smallest absolute Gasteiger partial charge is 0.131 e. The quantitative estimate of drug-likeness (QED) is 0.817. The van der Waals surface area contributed by atoms with E-state index in [1.807, 2.05) is 0 Å². The summed E-state index contributed by atoms with van der Waals surface area (Å²) in [7, 11) is 0. The molecule has 1 nitrogen and oxygen atoms in total. The molecule has 0 aliphatic heterocycles. The number of halogens is 2. The van der Waals surface area contributed by atoms with Crippen LogP contribution in [0.1, 0.15) is 43.8 Å². The fourth-order valence-electron chi connectivity index (χ4n) is 2.45. The molecule has 0 amide bonds. The topological polar surface area (TPSA) is 20.2 Å². The Morgan fingerprint density at radius 2 is 1.81 bits per heavy atom. The van der Waals surface area contributed by atoms with Crippen LogP contribution in [0.15, 0.2) is 18.2 Å². The summed E-state index contributed by atoms with van der Waals surface area (Å²) in [5.41, 5.74) is 0.230. The van der Waals surface area contributed by atoms with Gasteiger partial charge in [0.2, 0.25) is 0 Å². The summed E-state index contributed by atoms with van der Waals surface area (Å²) in [6.07, 6.45) is 4.43. The van der Waals surface area contributed by atoms with Crippen LogP contribution < -0.4 is 0 Å². The highest BCUT2D eigenvalue weighted by molar-refractivity contribution is 5.21. The van der Waals surface area contributed by atoms with Gasteiger partial charge in [-0.2, -0.15) is 0 Å². The highest BCUT2D eigenvalue weighted by Gasteiger charge is 2.25. The van der Waals surface area contributed by atoms with E-state index in [4.69, 9.17) is 0 Å². The lowest BCUT2D eigenvalue weighted by atomic mass is 9.82. The second-order valence-electron chi connectivity index (χ2n) is 4.51. The first-order valence-corrected chi connectivity index (χ1v) is 5.81. The molecule has 1 saturated carbocycles. The molecule has 1 aliphatic carbocycles. The molecule has 1 atom stereocenters. The monoisotopic (exact) mass is 226 g/mol. The lowest BCUT2D eigenvalue weighted by molar-refractivity contribution is 0.0815. The third kappa shape index (κ3) is 2.40. The van der Waals surface area contributed by atoms with Crippen LogP contribution in [0.25, 0.3) is 0 Å². The van der Waals surface area contributed by atoms with Crippen LogP contribution in [0.3, 0.4) is 0 Å². The van der Waals surface area contributed by atoms with Gasteiger partial charge in [0.15, 0.2) is 0 Å². The van der Waals surface area contributed by atoms with Crippen molar-refractivity contribution in [2.24, 2.45) is 5.92 Å². The zero-order chi connectivity index (χ0) is 11.5. The molecular weight excluding hydrogens is 210 g/mol. The van der Waals surface area contributed by atoms with Gasteiger partial charge in [-0.15, -0.1) is 0 Å². The highest BCUT2D eigenvalue weighted by atomic mass is 19.1. The maximum atomic E-state index is 13.5. The third-order valence-electron chi connectivity index (χ3n) is 3.38. The van der Waals surface area contributed by atoms with Gasteiger partial charge in [-0.3, -0.25) is 0 Å². The van der Waals surface area contributed by atoms with Crippen LogP contribution in [-0.2, 0) is 0 Å². The van der Waals surface area contributed by atoms with E-state index in [0.29, 0.717) is 0 Å². The normalized spacial score (nSPS) is 19.7. The average molecular weight is 226 g/mol. The Kier molecular flexibility index (Phi) is 3.54. The number of aliphatic hydroxyl groups excluding tert-OH is 1. The molecule has 1 fully saturated rings. The molecule has 0 spiro atoms. The first-order chi connectivity index (χ1) is 7.68. The molecule has 3 heteroatoms. The van der Waals surface area contributed by atoms with Crippen molar-refractivity contribution < 1.29 is 13.9 Å². The number of rotatable bonds is 2. The minimum Gasteiger partial charge on any atom is -0.388 e. The van der Waals surface area contributed by atoms with Crippen molar-refractivity contribution in [3.05, 3.63) is 35.4 Å². The first kappa shape index (κ1) is 11.5. The minimum absolute atomic E-state index is 0.119. The van der Waals surface area contributed by atoms with Crippen molar-refractivity contribution in [3.63, 3.8) is 0 Å². The van der Waals surface area contributed by atoms with Crippen molar-refractivity contribution in [1.29, 1.82) is 0 Å².